The lowest BCUT2D eigenvalue weighted by molar-refractivity contribution is -0.150. The van der Waals surface area contributed by atoms with Crippen molar-refractivity contribution in [3.05, 3.63) is 29.3 Å². The summed E-state index contributed by atoms with van der Waals surface area (Å²) in [6.07, 6.45) is 1.24. The van der Waals surface area contributed by atoms with Gasteiger partial charge in [0.1, 0.15) is 18.5 Å². The van der Waals surface area contributed by atoms with Gasteiger partial charge in [-0.2, -0.15) is 0 Å². The Labute approximate surface area is 144 Å². The molecule has 5 heteroatoms. The molecule has 1 aliphatic rings. The second-order valence-electron chi connectivity index (χ2n) is 6.51. The van der Waals surface area contributed by atoms with Crippen LogP contribution in [0.3, 0.4) is 0 Å². The molecule has 1 fully saturated rings. The Balaban J connectivity index is 1.80. The normalized spacial score (nSPS) is 19.8. The van der Waals surface area contributed by atoms with E-state index in [4.69, 9.17) is 9.47 Å². The highest BCUT2D eigenvalue weighted by atomic mass is 16.5. The van der Waals surface area contributed by atoms with Gasteiger partial charge in [-0.15, -0.1) is 0 Å². The van der Waals surface area contributed by atoms with Crippen LogP contribution in [0.5, 0.6) is 5.75 Å². The SMILES string of the molecule is CCOC(=O)[C@H]1CCCN(C[C@@H](O)COc2cccc(C)c2C)C1. The number of nitrogens with zero attached hydrogens (tertiary/aromatic N) is 1. The molecule has 1 heterocycles. The van der Waals surface area contributed by atoms with Gasteiger partial charge in [-0.1, -0.05) is 12.1 Å². The van der Waals surface area contributed by atoms with Crippen molar-refractivity contribution in [2.24, 2.45) is 5.92 Å². The van der Waals surface area contributed by atoms with E-state index in [0.717, 1.165) is 30.7 Å². The molecule has 1 aromatic rings. The van der Waals surface area contributed by atoms with Crippen molar-refractivity contribution in [3.63, 3.8) is 0 Å². The predicted molar refractivity (Wildman–Crippen MR) is 93.2 cm³/mol. The molecule has 5 nitrogen and oxygen atoms in total. The first kappa shape index (κ1) is 18.7. The zero-order valence-electron chi connectivity index (χ0n) is 15.0. The number of carbonyl (C=O) groups excluding carboxylic acids is 1. The minimum Gasteiger partial charge on any atom is -0.491 e. The molecule has 1 saturated heterocycles. The Morgan fingerprint density at radius 2 is 2.21 bits per heavy atom. The molecule has 0 unspecified atom stereocenters. The number of aliphatic hydroxyl groups is 1. The number of piperidine rings is 1. The van der Waals surface area contributed by atoms with Gasteiger partial charge in [-0.25, -0.2) is 0 Å². The number of aryl methyl sites for hydroxylation is 1. The van der Waals surface area contributed by atoms with Crippen LogP contribution in [-0.2, 0) is 9.53 Å². The minimum absolute atomic E-state index is 0.0779. The molecule has 1 aliphatic heterocycles. The summed E-state index contributed by atoms with van der Waals surface area (Å²) in [5, 5.41) is 10.3. The Morgan fingerprint density at radius 3 is 2.96 bits per heavy atom. The number of rotatable bonds is 7. The molecule has 0 radical (unpaired) electrons. The lowest BCUT2D eigenvalue weighted by Crippen LogP contribution is -2.44. The minimum atomic E-state index is -0.578. The van der Waals surface area contributed by atoms with Crippen LogP contribution in [0.25, 0.3) is 0 Å². The van der Waals surface area contributed by atoms with Crippen LogP contribution in [-0.4, -0.2) is 54.9 Å². The third kappa shape index (κ3) is 5.21. The number of β-amino-alcohol motifs (C(OH)–C–C–N with tert-alkyl or cyclic N) is 1. The zero-order chi connectivity index (χ0) is 17.5. The van der Waals surface area contributed by atoms with Gasteiger partial charge < -0.3 is 14.6 Å². The predicted octanol–water partition coefficient (Wildman–Crippen LogP) is 2.32. The van der Waals surface area contributed by atoms with Gasteiger partial charge in [0.05, 0.1) is 12.5 Å². The van der Waals surface area contributed by atoms with Crippen molar-refractivity contribution in [2.45, 2.75) is 39.7 Å². The maximum Gasteiger partial charge on any atom is 0.310 e. The Morgan fingerprint density at radius 1 is 1.42 bits per heavy atom. The fraction of sp³-hybridized carbons (Fsp3) is 0.632. The van der Waals surface area contributed by atoms with Gasteiger partial charge in [0, 0.05) is 13.1 Å². The number of hydrogen-bond donors (Lipinski definition) is 1. The molecular weight excluding hydrogens is 306 g/mol. The van der Waals surface area contributed by atoms with Crippen LogP contribution in [0.4, 0.5) is 0 Å². The number of benzene rings is 1. The van der Waals surface area contributed by atoms with E-state index in [1.165, 1.54) is 5.56 Å². The number of carbonyl (C=O) groups is 1. The molecule has 0 bridgehead atoms. The summed E-state index contributed by atoms with van der Waals surface area (Å²) in [6.45, 7) is 8.63. The smallest absolute Gasteiger partial charge is 0.310 e. The lowest BCUT2D eigenvalue weighted by Gasteiger charge is -2.32. The first-order valence-corrected chi connectivity index (χ1v) is 8.77. The highest BCUT2D eigenvalue weighted by Crippen LogP contribution is 2.21. The Kier molecular flexibility index (Phi) is 7.06. The molecule has 134 valence electrons. The second kappa shape index (κ2) is 9.04. The number of esters is 1. The molecule has 0 amide bonds. The fourth-order valence-corrected chi connectivity index (χ4v) is 3.09. The van der Waals surface area contributed by atoms with Gasteiger partial charge in [-0.3, -0.25) is 9.69 Å². The summed E-state index contributed by atoms with van der Waals surface area (Å²) >= 11 is 0. The standard InChI is InChI=1S/C19H29NO4/c1-4-23-19(22)16-8-6-10-20(11-16)12-17(21)13-24-18-9-5-7-14(2)15(18)3/h5,7,9,16-17,21H,4,6,8,10-13H2,1-3H3/t16-,17+/m0/s1. The van der Waals surface area contributed by atoms with Crippen molar-refractivity contribution < 1.29 is 19.4 Å². The van der Waals surface area contributed by atoms with Gasteiger partial charge in [0.15, 0.2) is 0 Å². The maximum atomic E-state index is 11.9. The van der Waals surface area contributed by atoms with E-state index < -0.39 is 6.10 Å². The quantitative estimate of drug-likeness (QED) is 0.775. The molecule has 1 aromatic carbocycles. The van der Waals surface area contributed by atoms with Gasteiger partial charge in [0.2, 0.25) is 0 Å². The van der Waals surface area contributed by atoms with Crippen LogP contribution >= 0.6 is 0 Å². The number of likely N-dealkylation sites (tertiary alicyclic amines) is 1. The molecule has 1 N–H and O–H groups in total. The lowest BCUT2D eigenvalue weighted by atomic mass is 9.98. The van der Waals surface area contributed by atoms with Gasteiger partial charge in [-0.05, 0) is 57.4 Å². The van der Waals surface area contributed by atoms with Crippen LogP contribution in [0.1, 0.15) is 30.9 Å². The summed E-state index contributed by atoms with van der Waals surface area (Å²) in [7, 11) is 0. The van der Waals surface area contributed by atoms with Crippen molar-refractivity contribution in [2.75, 3.05) is 32.8 Å². The molecule has 2 atom stereocenters. The van der Waals surface area contributed by atoms with Crippen molar-refractivity contribution in [1.82, 2.24) is 4.90 Å². The Hall–Kier alpha value is -1.59. The van der Waals surface area contributed by atoms with Crippen molar-refractivity contribution >= 4 is 5.97 Å². The molecule has 0 saturated carbocycles. The third-order valence-corrected chi connectivity index (χ3v) is 4.58. The summed E-state index contributed by atoms with van der Waals surface area (Å²) in [5.74, 6) is 0.617. The highest BCUT2D eigenvalue weighted by Gasteiger charge is 2.27. The monoisotopic (exact) mass is 335 g/mol. The first-order valence-electron chi connectivity index (χ1n) is 8.77. The second-order valence-corrected chi connectivity index (χ2v) is 6.51. The summed E-state index contributed by atoms with van der Waals surface area (Å²) in [4.78, 5) is 14.0. The van der Waals surface area contributed by atoms with E-state index in [1.807, 2.05) is 39.0 Å². The van der Waals surface area contributed by atoms with E-state index in [1.54, 1.807) is 0 Å². The van der Waals surface area contributed by atoms with Crippen LogP contribution in [0.2, 0.25) is 0 Å². The van der Waals surface area contributed by atoms with E-state index in [-0.39, 0.29) is 18.5 Å². The van der Waals surface area contributed by atoms with Crippen LogP contribution < -0.4 is 4.74 Å². The van der Waals surface area contributed by atoms with E-state index >= 15 is 0 Å². The summed E-state index contributed by atoms with van der Waals surface area (Å²) in [5.41, 5.74) is 2.28. The fourth-order valence-electron chi connectivity index (χ4n) is 3.09. The molecule has 0 spiro atoms. The Bertz CT molecular complexity index is 546. The zero-order valence-corrected chi connectivity index (χ0v) is 15.0. The topological polar surface area (TPSA) is 59.0 Å². The van der Waals surface area contributed by atoms with Crippen molar-refractivity contribution in [3.8, 4) is 5.75 Å². The third-order valence-electron chi connectivity index (χ3n) is 4.58. The van der Waals surface area contributed by atoms with E-state index in [9.17, 15) is 9.90 Å². The molecule has 0 aromatic heterocycles. The average Bonchev–Trinajstić information content (AvgIpc) is 2.56. The number of ether oxygens (including phenoxy) is 2. The van der Waals surface area contributed by atoms with Crippen molar-refractivity contribution in [1.29, 1.82) is 0 Å². The van der Waals surface area contributed by atoms with Gasteiger partial charge in [0.25, 0.3) is 0 Å². The maximum absolute atomic E-state index is 11.9. The molecule has 24 heavy (non-hydrogen) atoms. The van der Waals surface area contributed by atoms with Gasteiger partial charge >= 0.3 is 5.97 Å². The van der Waals surface area contributed by atoms with Crippen LogP contribution in [0, 0.1) is 19.8 Å². The van der Waals surface area contributed by atoms with Crippen LogP contribution in [0.15, 0.2) is 18.2 Å². The van der Waals surface area contributed by atoms with E-state index in [0.29, 0.717) is 19.7 Å². The first-order chi connectivity index (χ1) is 11.5. The molecule has 0 aliphatic carbocycles. The molecule has 2 rings (SSSR count). The molecular formula is C19H29NO4. The summed E-state index contributed by atoms with van der Waals surface area (Å²) < 4.78 is 10.9. The number of hydrogen-bond acceptors (Lipinski definition) is 5. The number of aliphatic hydroxyl groups excluding tert-OH is 1. The highest BCUT2D eigenvalue weighted by molar-refractivity contribution is 5.72. The largest absolute Gasteiger partial charge is 0.491 e. The summed E-state index contributed by atoms with van der Waals surface area (Å²) in [6, 6.07) is 5.92. The van der Waals surface area contributed by atoms with E-state index in [2.05, 4.69) is 4.90 Å². The average molecular weight is 335 g/mol.